The Balaban J connectivity index is 1.94. The minimum Gasteiger partial charge on any atom is -0.458 e. The molecule has 0 fully saturated rings. The van der Waals surface area contributed by atoms with E-state index in [-0.39, 0.29) is 5.41 Å². The summed E-state index contributed by atoms with van der Waals surface area (Å²) in [6, 6.07) is 28.7. The van der Waals surface area contributed by atoms with E-state index in [9.17, 15) is 0 Å². The lowest BCUT2D eigenvalue weighted by molar-refractivity contribution is 0.0664. The third-order valence-corrected chi connectivity index (χ3v) is 5.36. The lowest BCUT2D eigenvalue weighted by Gasteiger charge is -2.42. The molecule has 0 atom stereocenters. The van der Waals surface area contributed by atoms with Gasteiger partial charge in [0.25, 0.3) is 0 Å². The van der Waals surface area contributed by atoms with Crippen molar-refractivity contribution >= 4 is 0 Å². The van der Waals surface area contributed by atoms with Crippen LogP contribution in [0.25, 0.3) is 11.4 Å². The number of benzene rings is 3. The molecule has 0 saturated carbocycles. The van der Waals surface area contributed by atoms with Crippen molar-refractivity contribution in [1.29, 1.82) is 0 Å². The van der Waals surface area contributed by atoms with E-state index < -0.39 is 5.72 Å². The molecule has 0 spiro atoms. The highest BCUT2D eigenvalue weighted by Crippen LogP contribution is 2.48. The number of hydrogen-bond donors (Lipinski definition) is 0. The van der Waals surface area contributed by atoms with Gasteiger partial charge in [0.15, 0.2) is 5.82 Å². The van der Waals surface area contributed by atoms with Gasteiger partial charge >= 0.3 is 0 Å². The van der Waals surface area contributed by atoms with Gasteiger partial charge in [0.2, 0.25) is 5.72 Å². The van der Waals surface area contributed by atoms with Gasteiger partial charge in [-0.2, -0.15) is 0 Å². The molecule has 1 aromatic heterocycles. The monoisotopic (exact) mass is 381 g/mol. The van der Waals surface area contributed by atoms with Crippen LogP contribution in [0.4, 0.5) is 0 Å². The van der Waals surface area contributed by atoms with Crippen LogP contribution in [0, 0.1) is 0 Å². The zero-order valence-corrected chi connectivity index (χ0v) is 16.8. The Morgan fingerprint density at radius 1 is 0.724 bits per heavy atom. The van der Waals surface area contributed by atoms with E-state index in [0.29, 0.717) is 0 Å². The minimum absolute atomic E-state index is 0.213. The van der Waals surface area contributed by atoms with Gasteiger partial charge in [0, 0.05) is 16.5 Å². The number of para-hydroxylation sites is 1. The van der Waals surface area contributed by atoms with Crippen LogP contribution < -0.4 is 4.74 Å². The van der Waals surface area contributed by atoms with Gasteiger partial charge < -0.3 is 4.74 Å². The quantitative estimate of drug-likeness (QED) is 0.468. The third-order valence-electron chi connectivity index (χ3n) is 5.36. The Morgan fingerprint density at radius 2 is 1.28 bits per heavy atom. The van der Waals surface area contributed by atoms with Crippen molar-refractivity contribution in [1.82, 2.24) is 14.8 Å². The van der Waals surface area contributed by atoms with Gasteiger partial charge in [-0.15, -0.1) is 10.2 Å². The van der Waals surface area contributed by atoms with Gasteiger partial charge in [0.05, 0.1) is 5.56 Å². The summed E-state index contributed by atoms with van der Waals surface area (Å²) in [4.78, 5) is 0. The van der Waals surface area contributed by atoms with E-state index in [1.807, 2.05) is 60.7 Å². The first kappa shape index (κ1) is 17.7. The summed E-state index contributed by atoms with van der Waals surface area (Å²) in [5, 5.41) is 9.29. The molecule has 0 aliphatic carbocycles. The first-order chi connectivity index (χ1) is 14.0. The van der Waals surface area contributed by atoms with E-state index in [0.717, 1.165) is 34.1 Å². The first-order valence-corrected chi connectivity index (χ1v) is 9.87. The van der Waals surface area contributed by atoms with Gasteiger partial charge in [-0.3, -0.25) is 4.57 Å². The normalized spacial score (nSPS) is 14.6. The third kappa shape index (κ3) is 2.59. The molecule has 0 N–H and O–H groups in total. The van der Waals surface area contributed by atoms with Crippen LogP contribution in [0.3, 0.4) is 0 Å². The Morgan fingerprint density at radius 3 is 1.86 bits per heavy atom. The van der Waals surface area contributed by atoms with E-state index in [1.165, 1.54) is 0 Å². The molecule has 0 radical (unpaired) electrons. The van der Waals surface area contributed by atoms with E-state index >= 15 is 0 Å². The molecule has 29 heavy (non-hydrogen) atoms. The SMILES string of the molecule is CC(C)(C)c1nnc2n1C(c1ccccc1)(c1ccccc1)Oc1ccccc1-2. The van der Waals surface area contributed by atoms with Crippen molar-refractivity contribution in [2.24, 2.45) is 0 Å². The predicted octanol–water partition coefficient (Wildman–Crippen LogP) is 5.38. The lowest BCUT2D eigenvalue weighted by Crippen LogP contribution is -2.47. The number of aromatic nitrogens is 3. The van der Waals surface area contributed by atoms with Crippen LogP contribution in [-0.2, 0) is 11.1 Å². The molecule has 4 aromatic rings. The van der Waals surface area contributed by atoms with Crippen molar-refractivity contribution < 1.29 is 4.74 Å². The zero-order chi connectivity index (χ0) is 20.1. The second-order valence-electron chi connectivity index (χ2n) is 8.41. The number of nitrogens with zero attached hydrogens (tertiary/aromatic N) is 3. The van der Waals surface area contributed by atoms with Crippen LogP contribution in [0.1, 0.15) is 37.7 Å². The Hall–Kier alpha value is -3.40. The minimum atomic E-state index is -0.891. The highest BCUT2D eigenvalue weighted by molar-refractivity contribution is 5.68. The van der Waals surface area contributed by atoms with E-state index in [4.69, 9.17) is 4.74 Å². The summed E-state index contributed by atoms with van der Waals surface area (Å²) in [7, 11) is 0. The molecule has 0 saturated heterocycles. The molecule has 5 rings (SSSR count). The van der Waals surface area contributed by atoms with Gasteiger partial charge in [0.1, 0.15) is 11.6 Å². The van der Waals surface area contributed by atoms with Gasteiger partial charge in [-0.1, -0.05) is 93.6 Å². The smallest absolute Gasteiger partial charge is 0.242 e. The molecule has 3 aromatic carbocycles. The first-order valence-electron chi connectivity index (χ1n) is 9.87. The fourth-order valence-corrected chi connectivity index (χ4v) is 4.06. The highest BCUT2D eigenvalue weighted by atomic mass is 16.5. The summed E-state index contributed by atoms with van der Waals surface area (Å²) < 4.78 is 9.08. The van der Waals surface area contributed by atoms with E-state index in [2.05, 4.69) is 59.8 Å². The number of ether oxygens (including phenoxy) is 1. The Labute approximate surface area is 170 Å². The molecular weight excluding hydrogens is 358 g/mol. The van der Waals surface area contributed by atoms with Crippen LogP contribution in [-0.4, -0.2) is 14.8 Å². The molecule has 0 unspecified atom stereocenters. The maximum atomic E-state index is 6.90. The molecule has 2 heterocycles. The number of fused-ring (bicyclic) bond motifs is 3. The van der Waals surface area contributed by atoms with Crippen LogP contribution in [0.5, 0.6) is 5.75 Å². The van der Waals surface area contributed by atoms with Crippen molar-refractivity contribution in [3.63, 3.8) is 0 Å². The second kappa shape index (κ2) is 6.31. The Kier molecular flexibility index (Phi) is 3.85. The molecule has 4 nitrogen and oxygen atoms in total. The van der Waals surface area contributed by atoms with Crippen molar-refractivity contribution in [3.05, 3.63) is 102 Å². The molecular formula is C25H23N3O. The second-order valence-corrected chi connectivity index (χ2v) is 8.41. The maximum Gasteiger partial charge on any atom is 0.242 e. The maximum absolute atomic E-state index is 6.90. The molecule has 4 heteroatoms. The van der Waals surface area contributed by atoms with Crippen molar-refractivity contribution in [3.8, 4) is 17.1 Å². The average Bonchev–Trinajstić information content (AvgIpc) is 3.21. The Bertz CT molecular complexity index is 1120. The fourth-order valence-electron chi connectivity index (χ4n) is 4.06. The van der Waals surface area contributed by atoms with Crippen molar-refractivity contribution in [2.75, 3.05) is 0 Å². The molecule has 1 aliphatic rings. The summed E-state index contributed by atoms with van der Waals surface area (Å²) in [6.45, 7) is 6.47. The van der Waals surface area contributed by atoms with Gasteiger partial charge in [-0.25, -0.2) is 0 Å². The number of hydrogen-bond acceptors (Lipinski definition) is 3. The molecule has 0 bridgehead atoms. The van der Waals surface area contributed by atoms with Crippen molar-refractivity contribution in [2.45, 2.75) is 31.9 Å². The van der Waals surface area contributed by atoms with Crippen LogP contribution >= 0.6 is 0 Å². The fraction of sp³-hybridized carbons (Fsp3) is 0.200. The van der Waals surface area contributed by atoms with Gasteiger partial charge in [-0.05, 0) is 12.1 Å². The zero-order valence-electron chi connectivity index (χ0n) is 16.8. The van der Waals surface area contributed by atoms with Crippen LogP contribution in [0.15, 0.2) is 84.9 Å². The van der Waals surface area contributed by atoms with Crippen LogP contribution in [0.2, 0.25) is 0 Å². The highest BCUT2D eigenvalue weighted by Gasteiger charge is 2.48. The average molecular weight is 381 g/mol. The summed E-state index contributed by atoms with van der Waals surface area (Å²) in [6.07, 6.45) is 0. The molecule has 0 amide bonds. The predicted molar refractivity (Wildman–Crippen MR) is 114 cm³/mol. The molecule has 144 valence electrons. The van der Waals surface area contributed by atoms with E-state index in [1.54, 1.807) is 0 Å². The summed E-state index contributed by atoms with van der Waals surface area (Å²) >= 11 is 0. The largest absolute Gasteiger partial charge is 0.458 e. The standard InChI is InChI=1S/C25H23N3O/c1-24(2,3)23-27-26-22-20-16-10-11-17-21(20)29-25(28(22)23,18-12-6-4-7-13-18)19-14-8-5-9-15-19/h4-17H,1-3H3. The number of rotatable bonds is 2. The molecule has 1 aliphatic heterocycles. The summed E-state index contributed by atoms with van der Waals surface area (Å²) in [5.74, 6) is 2.51. The summed E-state index contributed by atoms with van der Waals surface area (Å²) in [5.41, 5.74) is 1.92. The topological polar surface area (TPSA) is 39.9 Å². The lowest BCUT2D eigenvalue weighted by atomic mass is 9.88.